The Hall–Kier alpha value is -0.910. The van der Waals surface area contributed by atoms with Crippen LogP contribution < -0.4 is 10.1 Å². The van der Waals surface area contributed by atoms with E-state index in [1.807, 2.05) is 13.0 Å². The smallest absolute Gasteiger partial charge is 0.124 e. The van der Waals surface area contributed by atoms with E-state index in [-0.39, 0.29) is 6.04 Å². The molecule has 0 aliphatic rings. The Balaban J connectivity index is 2.26. The minimum atomic E-state index is 0.221. The Labute approximate surface area is 138 Å². The topological polar surface area (TPSA) is 34.2 Å². The summed E-state index contributed by atoms with van der Waals surface area (Å²) in [6, 6.07) is 6.42. The molecule has 0 saturated carbocycles. The van der Waals surface area contributed by atoms with Gasteiger partial charge in [0.2, 0.25) is 0 Å². The van der Waals surface area contributed by atoms with Crippen LogP contribution >= 0.6 is 27.3 Å². The zero-order valence-corrected chi connectivity index (χ0v) is 15.1. The van der Waals surface area contributed by atoms with Crippen LogP contribution in [-0.2, 0) is 6.42 Å². The average molecular weight is 369 g/mol. The molecule has 1 unspecified atom stereocenters. The molecule has 1 aromatic heterocycles. The first-order valence-corrected chi connectivity index (χ1v) is 8.79. The molecule has 0 radical (unpaired) electrons. The van der Waals surface area contributed by atoms with Gasteiger partial charge in [0.1, 0.15) is 5.75 Å². The fraction of sp³-hybridized carbons (Fsp3) is 0.438. The molecule has 1 aromatic carbocycles. The molecule has 3 nitrogen and oxygen atoms in total. The van der Waals surface area contributed by atoms with Gasteiger partial charge in [-0.15, -0.1) is 11.3 Å². The maximum atomic E-state index is 5.54. The van der Waals surface area contributed by atoms with Crippen LogP contribution in [0.1, 0.15) is 35.7 Å². The molecule has 2 rings (SSSR count). The number of nitrogens with one attached hydrogen (secondary N) is 1. The highest BCUT2D eigenvalue weighted by Gasteiger charge is 2.18. The van der Waals surface area contributed by atoms with E-state index in [4.69, 9.17) is 4.74 Å². The first kappa shape index (κ1) is 16.5. The summed E-state index contributed by atoms with van der Waals surface area (Å²) in [5, 5.41) is 6.87. The zero-order valence-electron chi connectivity index (χ0n) is 12.6. The highest BCUT2D eigenvalue weighted by molar-refractivity contribution is 9.10. The molecule has 5 heteroatoms. The number of benzene rings is 1. The summed E-state index contributed by atoms with van der Waals surface area (Å²) in [6.45, 7) is 5.19. The molecule has 21 heavy (non-hydrogen) atoms. The van der Waals surface area contributed by atoms with Gasteiger partial charge in [-0.1, -0.05) is 28.9 Å². The molecular weight excluding hydrogens is 348 g/mol. The number of rotatable bonds is 7. The lowest BCUT2D eigenvalue weighted by Gasteiger charge is -2.20. The van der Waals surface area contributed by atoms with Crippen molar-refractivity contribution in [2.75, 3.05) is 13.7 Å². The summed E-state index contributed by atoms with van der Waals surface area (Å²) in [7, 11) is 1.72. The predicted molar refractivity (Wildman–Crippen MR) is 92.3 cm³/mol. The number of halogens is 1. The van der Waals surface area contributed by atoms with Crippen LogP contribution in [0, 0.1) is 6.92 Å². The van der Waals surface area contributed by atoms with Crippen molar-refractivity contribution in [2.24, 2.45) is 0 Å². The number of aromatic nitrogens is 1. The molecule has 0 saturated heterocycles. The minimum Gasteiger partial charge on any atom is -0.496 e. The van der Waals surface area contributed by atoms with Crippen molar-refractivity contribution in [3.05, 3.63) is 44.3 Å². The van der Waals surface area contributed by atoms with Crippen LogP contribution in [0.4, 0.5) is 0 Å². The lowest BCUT2D eigenvalue weighted by molar-refractivity contribution is 0.397. The van der Waals surface area contributed by atoms with Gasteiger partial charge >= 0.3 is 0 Å². The Kier molecular flexibility index (Phi) is 6.21. The van der Waals surface area contributed by atoms with Crippen LogP contribution in [0.2, 0.25) is 0 Å². The molecule has 0 bridgehead atoms. The fourth-order valence-corrected chi connectivity index (χ4v) is 3.41. The number of hydrogen-bond donors (Lipinski definition) is 1. The lowest BCUT2D eigenvalue weighted by atomic mass is 10.0. The molecule has 0 amide bonds. The summed E-state index contributed by atoms with van der Waals surface area (Å²) in [5.41, 5.74) is 2.27. The molecule has 0 aliphatic carbocycles. The maximum Gasteiger partial charge on any atom is 0.124 e. The van der Waals surface area contributed by atoms with E-state index in [1.54, 1.807) is 18.4 Å². The zero-order chi connectivity index (χ0) is 15.2. The van der Waals surface area contributed by atoms with Crippen molar-refractivity contribution in [3.63, 3.8) is 0 Å². The second-order valence-electron chi connectivity index (χ2n) is 4.98. The van der Waals surface area contributed by atoms with E-state index in [9.17, 15) is 0 Å². The number of ether oxygens (including phenoxy) is 1. The molecule has 1 N–H and O–H groups in total. The van der Waals surface area contributed by atoms with E-state index in [2.05, 4.69) is 50.7 Å². The van der Waals surface area contributed by atoms with Crippen LogP contribution in [0.15, 0.2) is 28.1 Å². The van der Waals surface area contributed by atoms with E-state index in [1.165, 1.54) is 5.56 Å². The third kappa shape index (κ3) is 4.53. The van der Waals surface area contributed by atoms with Crippen molar-refractivity contribution < 1.29 is 4.74 Å². The minimum absolute atomic E-state index is 0.221. The van der Waals surface area contributed by atoms with Crippen molar-refractivity contribution in [1.29, 1.82) is 0 Å². The van der Waals surface area contributed by atoms with Gasteiger partial charge in [0, 0.05) is 33.6 Å². The van der Waals surface area contributed by atoms with Gasteiger partial charge in [-0.25, -0.2) is 4.98 Å². The molecule has 1 heterocycles. The Morgan fingerprint density at radius 1 is 1.43 bits per heavy atom. The Morgan fingerprint density at radius 3 is 2.86 bits per heavy atom. The summed E-state index contributed by atoms with van der Waals surface area (Å²) >= 11 is 5.22. The van der Waals surface area contributed by atoms with E-state index < -0.39 is 0 Å². The van der Waals surface area contributed by atoms with Gasteiger partial charge in [-0.05, 0) is 32.0 Å². The standard InChI is InChI=1S/C16H21BrN2OS/c1-4-7-18-14(9-16-19-11(2)10-21-16)13-6-5-12(17)8-15(13)20-3/h5-6,8,10,14,18H,4,7,9H2,1-3H3. The second-order valence-corrected chi connectivity index (χ2v) is 6.84. The summed E-state index contributed by atoms with van der Waals surface area (Å²) < 4.78 is 6.57. The van der Waals surface area contributed by atoms with Crippen LogP contribution in [-0.4, -0.2) is 18.6 Å². The van der Waals surface area contributed by atoms with Crippen LogP contribution in [0.3, 0.4) is 0 Å². The largest absolute Gasteiger partial charge is 0.496 e. The fourth-order valence-electron chi connectivity index (χ4n) is 2.25. The van der Waals surface area contributed by atoms with Gasteiger partial charge in [0.05, 0.1) is 12.1 Å². The van der Waals surface area contributed by atoms with Gasteiger partial charge in [0.15, 0.2) is 0 Å². The molecular formula is C16H21BrN2OS. The normalized spacial score (nSPS) is 12.4. The quantitative estimate of drug-likeness (QED) is 0.780. The van der Waals surface area contributed by atoms with Crippen molar-refractivity contribution in [1.82, 2.24) is 10.3 Å². The SMILES string of the molecule is CCCNC(Cc1nc(C)cs1)c1ccc(Br)cc1OC. The first-order chi connectivity index (χ1) is 10.1. The number of hydrogen-bond acceptors (Lipinski definition) is 4. The third-order valence-corrected chi connectivity index (χ3v) is 4.74. The molecule has 0 fully saturated rings. The van der Waals surface area contributed by atoms with Gasteiger partial charge in [-0.3, -0.25) is 0 Å². The van der Waals surface area contributed by atoms with Crippen molar-refractivity contribution in [2.45, 2.75) is 32.7 Å². The van der Waals surface area contributed by atoms with E-state index in [0.29, 0.717) is 0 Å². The summed E-state index contributed by atoms with van der Waals surface area (Å²) in [4.78, 5) is 4.59. The highest BCUT2D eigenvalue weighted by atomic mass is 79.9. The number of nitrogens with zero attached hydrogens (tertiary/aromatic N) is 1. The molecule has 0 spiro atoms. The highest BCUT2D eigenvalue weighted by Crippen LogP contribution is 2.31. The number of methoxy groups -OCH3 is 1. The van der Waals surface area contributed by atoms with Gasteiger partial charge in [0.25, 0.3) is 0 Å². The van der Waals surface area contributed by atoms with Crippen molar-refractivity contribution >= 4 is 27.3 Å². The maximum absolute atomic E-state index is 5.54. The molecule has 1 atom stereocenters. The molecule has 2 aromatic rings. The van der Waals surface area contributed by atoms with E-state index in [0.717, 1.165) is 40.3 Å². The molecule has 114 valence electrons. The van der Waals surface area contributed by atoms with Crippen LogP contribution in [0.5, 0.6) is 5.75 Å². The Bertz CT molecular complexity index is 585. The van der Waals surface area contributed by atoms with Crippen LogP contribution in [0.25, 0.3) is 0 Å². The average Bonchev–Trinajstić information content (AvgIpc) is 2.88. The van der Waals surface area contributed by atoms with Gasteiger partial charge < -0.3 is 10.1 Å². The monoisotopic (exact) mass is 368 g/mol. The molecule has 0 aliphatic heterocycles. The lowest BCUT2D eigenvalue weighted by Crippen LogP contribution is -2.24. The van der Waals surface area contributed by atoms with Crippen molar-refractivity contribution in [3.8, 4) is 5.75 Å². The summed E-state index contributed by atoms with van der Waals surface area (Å²) in [5.74, 6) is 0.909. The van der Waals surface area contributed by atoms with E-state index >= 15 is 0 Å². The second kappa shape index (κ2) is 7.92. The van der Waals surface area contributed by atoms with Gasteiger partial charge in [-0.2, -0.15) is 0 Å². The predicted octanol–water partition coefficient (Wildman–Crippen LogP) is 4.51. The first-order valence-electron chi connectivity index (χ1n) is 7.11. The Morgan fingerprint density at radius 2 is 2.24 bits per heavy atom. The number of aryl methyl sites for hydroxylation is 1. The summed E-state index contributed by atoms with van der Waals surface area (Å²) in [6.07, 6.45) is 1.99. The number of thiazole rings is 1. The third-order valence-electron chi connectivity index (χ3n) is 3.26.